The van der Waals surface area contributed by atoms with Crippen LogP contribution in [-0.2, 0) is 0 Å². The largest absolute Gasteiger partial charge is 0.494 e. The maximum atomic E-state index is 13.0. The van der Waals surface area contributed by atoms with E-state index >= 15 is 0 Å². The second-order valence-electron chi connectivity index (χ2n) is 9.24. The number of nitrogens with one attached hydrogen (secondary N) is 1. The van der Waals surface area contributed by atoms with E-state index in [2.05, 4.69) is 72.4 Å². The second kappa shape index (κ2) is 10.0. The molecule has 1 aliphatic rings. The third-order valence-corrected chi connectivity index (χ3v) is 8.46. The van der Waals surface area contributed by atoms with Crippen LogP contribution in [0.3, 0.4) is 0 Å². The molecule has 4 aromatic carbocycles. The lowest BCUT2D eigenvalue weighted by Gasteiger charge is -2.05. The van der Waals surface area contributed by atoms with Gasteiger partial charge in [0.1, 0.15) is 0 Å². The van der Waals surface area contributed by atoms with Crippen molar-refractivity contribution in [1.29, 1.82) is 0 Å². The van der Waals surface area contributed by atoms with Crippen LogP contribution < -0.4 is 0 Å². The number of hydrogen-bond donors (Lipinski definition) is 2. The lowest BCUT2D eigenvalue weighted by atomic mass is 10.0. The van der Waals surface area contributed by atoms with Gasteiger partial charge in [-0.05, 0) is 67.9 Å². The molecule has 5 aromatic rings. The zero-order valence-electron chi connectivity index (χ0n) is 20.9. The molecule has 0 radical (unpaired) electrons. The molecule has 6 rings (SSSR count). The molecule has 1 aromatic heterocycles. The Labute approximate surface area is 229 Å². The van der Waals surface area contributed by atoms with Gasteiger partial charge in [-0.1, -0.05) is 83.2 Å². The van der Waals surface area contributed by atoms with Crippen LogP contribution in [0.15, 0.2) is 122 Å². The number of aromatic amines is 1. The number of nitrogens with zero attached hydrogens (tertiary/aromatic N) is 1. The highest BCUT2D eigenvalue weighted by atomic mass is 32.2. The average Bonchev–Trinajstić information content (AvgIpc) is 3.45. The van der Waals surface area contributed by atoms with Gasteiger partial charge in [-0.15, -0.1) is 0 Å². The first-order valence-corrected chi connectivity index (χ1v) is 13.9. The topological polar surface area (TPSA) is 65.5 Å². The minimum absolute atomic E-state index is 0.0455. The summed E-state index contributed by atoms with van der Waals surface area (Å²) in [6.45, 7) is 4.15. The van der Waals surface area contributed by atoms with Gasteiger partial charge in [0.25, 0.3) is 5.91 Å². The van der Waals surface area contributed by atoms with Crippen LogP contribution in [-0.4, -0.2) is 21.7 Å². The van der Waals surface area contributed by atoms with Gasteiger partial charge in [-0.25, -0.2) is 4.99 Å². The minimum Gasteiger partial charge on any atom is -0.494 e. The number of carbonyl (C=O) groups excluding carboxylic acids is 1. The summed E-state index contributed by atoms with van der Waals surface area (Å²) in [5.74, 6) is -0.395. The van der Waals surface area contributed by atoms with Crippen LogP contribution in [0.1, 0.15) is 32.6 Å². The van der Waals surface area contributed by atoms with Crippen LogP contribution in [0.4, 0.5) is 0 Å². The zero-order chi connectivity index (χ0) is 26.2. The molecule has 186 valence electrons. The molecule has 2 heterocycles. The SMILES string of the molecule is Cc1ccc(Sc2ccc(C3=NC(=O)c4c(-c5ccc(Sc6ccc(C)cc6)cc5)[nH]c(O)c43)cc2)cc1. The number of fused-ring (bicyclic) bond motifs is 1. The van der Waals surface area contributed by atoms with Crippen molar-refractivity contribution < 1.29 is 9.90 Å². The van der Waals surface area contributed by atoms with Crippen LogP contribution in [0.2, 0.25) is 0 Å². The highest BCUT2D eigenvalue weighted by molar-refractivity contribution is 7.99. The molecular formula is C32H24N2O2S2. The average molecular weight is 533 g/mol. The van der Waals surface area contributed by atoms with Crippen molar-refractivity contribution in [3.63, 3.8) is 0 Å². The van der Waals surface area contributed by atoms with Gasteiger partial charge in [0, 0.05) is 25.1 Å². The smallest absolute Gasteiger partial charge is 0.280 e. The molecule has 0 spiro atoms. The van der Waals surface area contributed by atoms with E-state index in [4.69, 9.17) is 0 Å². The number of carbonyl (C=O) groups is 1. The number of H-pyrrole nitrogens is 1. The molecule has 2 N–H and O–H groups in total. The van der Waals surface area contributed by atoms with E-state index < -0.39 is 0 Å². The van der Waals surface area contributed by atoms with E-state index in [-0.39, 0.29) is 11.8 Å². The van der Waals surface area contributed by atoms with Gasteiger partial charge in [-0.2, -0.15) is 0 Å². The lowest BCUT2D eigenvalue weighted by Crippen LogP contribution is -1.99. The molecule has 1 aliphatic heterocycles. The molecule has 0 bridgehead atoms. The van der Waals surface area contributed by atoms with E-state index in [0.717, 1.165) is 25.8 Å². The van der Waals surface area contributed by atoms with Crippen LogP contribution in [0, 0.1) is 13.8 Å². The predicted octanol–water partition coefficient (Wildman–Crippen LogP) is 8.30. The minimum atomic E-state index is -0.349. The Morgan fingerprint density at radius 3 is 1.50 bits per heavy atom. The Morgan fingerprint density at radius 2 is 1.03 bits per heavy atom. The predicted molar refractivity (Wildman–Crippen MR) is 155 cm³/mol. The monoisotopic (exact) mass is 532 g/mol. The van der Waals surface area contributed by atoms with E-state index in [0.29, 0.717) is 22.5 Å². The number of aromatic nitrogens is 1. The van der Waals surface area contributed by atoms with Crippen molar-refractivity contribution in [3.05, 3.63) is 125 Å². The number of aromatic hydroxyl groups is 1. The van der Waals surface area contributed by atoms with Gasteiger partial charge in [0.2, 0.25) is 0 Å². The molecule has 0 atom stereocenters. The number of amides is 1. The van der Waals surface area contributed by atoms with Crippen molar-refractivity contribution in [3.8, 4) is 17.1 Å². The van der Waals surface area contributed by atoms with Gasteiger partial charge in [-0.3, -0.25) is 4.79 Å². The number of benzene rings is 4. The van der Waals surface area contributed by atoms with E-state index in [1.54, 1.807) is 23.5 Å². The molecule has 0 saturated heterocycles. The third kappa shape index (κ3) is 4.80. The standard InChI is InChI=1S/C32H24N2O2S2/c1-19-3-11-23(12-4-19)37-25-15-7-21(8-16-25)29-27-28(32(36)33-29)30(34-31(27)35)22-9-17-26(18-10-22)38-24-13-5-20(2)6-14-24/h3-18,33,36H,1-2H3. The fraction of sp³-hybridized carbons (Fsp3) is 0.0625. The molecule has 0 saturated carbocycles. The Kier molecular flexibility index (Phi) is 6.44. The molecule has 38 heavy (non-hydrogen) atoms. The van der Waals surface area contributed by atoms with Gasteiger partial charge < -0.3 is 10.1 Å². The third-order valence-electron chi connectivity index (χ3n) is 6.43. The molecule has 4 nitrogen and oxygen atoms in total. The highest BCUT2D eigenvalue weighted by Crippen LogP contribution is 2.39. The van der Waals surface area contributed by atoms with E-state index in [1.807, 2.05) is 48.5 Å². The quantitative estimate of drug-likeness (QED) is 0.231. The maximum absolute atomic E-state index is 13.0. The van der Waals surface area contributed by atoms with E-state index in [1.165, 1.54) is 16.0 Å². The Morgan fingerprint density at radius 1 is 0.605 bits per heavy atom. The summed E-state index contributed by atoms with van der Waals surface area (Å²) in [6, 6.07) is 32.7. The molecule has 1 amide bonds. The maximum Gasteiger partial charge on any atom is 0.280 e. The van der Waals surface area contributed by atoms with Crippen LogP contribution in [0.5, 0.6) is 5.88 Å². The summed E-state index contributed by atoms with van der Waals surface area (Å²) < 4.78 is 0. The van der Waals surface area contributed by atoms with Crippen molar-refractivity contribution >= 4 is 35.1 Å². The van der Waals surface area contributed by atoms with Gasteiger partial charge in [0.05, 0.1) is 22.5 Å². The summed E-state index contributed by atoms with van der Waals surface area (Å²) in [5.41, 5.74) is 6.01. The number of aliphatic imine (C=N–C) groups is 1. The zero-order valence-corrected chi connectivity index (χ0v) is 22.5. The van der Waals surface area contributed by atoms with Crippen LogP contribution in [0.25, 0.3) is 11.3 Å². The molecule has 0 aliphatic carbocycles. The van der Waals surface area contributed by atoms with Crippen molar-refractivity contribution in [2.24, 2.45) is 4.99 Å². The fourth-order valence-corrected chi connectivity index (χ4v) is 6.06. The molecule has 0 fully saturated rings. The Hall–Kier alpha value is -4.00. The lowest BCUT2D eigenvalue weighted by molar-refractivity contribution is 0.101. The summed E-state index contributed by atoms with van der Waals surface area (Å²) in [6.07, 6.45) is 0. The fourth-order valence-electron chi connectivity index (χ4n) is 4.43. The molecular weight excluding hydrogens is 508 g/mol. The Bertz CT molecular complexity index is 1670. The normalized spacial score (nSPS) is 12.5. The van der Waals surface area contributed by atoms with E-state index in [9.17, 15) is 9.90 Å². The number of hydrogen-bond acceptors (Lipinski definition) is 4. The highest BCUT2D eigenvalue weighted by Gasteiger charge is 2.33. The number of rotatable bonds is 6. The first-order chi connectivity index (χ1) is 18.4. The molecule has 0 unspecified atom stereocenters. The van der Waals surface area contributed by atoms with Gasteiger partial charge in [0.15, 0.2) is 5.88 Å². The Balaban J connectivity index is 1.24. The first-order valence-electron chi connectivity index (χ1n) is 12.2. The second-order valence-corrected chi connectivity index (χ2v) is 11.5. The van der Waals surface area contributed by atoms with Gasteiger partial charge >= 0.3 is 0 Å². The van der Waals surface area contributed by atoms with Crippen LogP contribution >= 0.6 is 23.5 Å². The molecule has 6 heteroatoms. The first kappa shape index (κ1) is 24.3. The summed E-state index contributed by atoms with van der Waals surface area (Å²) in [5, 5.41) is 10.8. The summed E-state index contributed by atoms with van der Waals surface area (Å²) in [7, 11) is 0. The summed E-state index contributed by atoms with van der Waals surface area (Å²) >= 11 is 3.36. The number of aryl methyl sites for hydroxylation is 2. The summed E-state index contributed by atoms with van der Waals surface area (Å²) in [4.78, 5) is 24.9. The van der Waals surface area contributed by atoms with Crippen molar-refractivity contribution in [2.75, 3.05) is 0 Å². The van der Waals surface area contributed by atoms with Crippen molar-refractivity contribution in [2.45, 2.75) is 33.4 Å². The van der Waals surface area contributed by atoms with Crippen molar-refractivity contribution in [1.82, 2.24) is 4.98 Å².